The molecule has 0 radical (unpaired) electrons. The minimum absolute atomic E-state index is 8.05. The average Bonchev–Trinajstić information content (AvgIpc) is 2.58. The predicted octanol–water partition coefficient (Wildman–Crippen LogP) is 7.65. The van der Waals surface area contributed by atoms with Crippen LogP contribution in [0.15, 0.2) is 0 Å². The topological polar surface area (TPSA) is 0 Å². The molecule has 0 aliphatic carbocycles. The van der Waals surface area contributed by atoms with Crippen LogP contribution in [0.25, 0.3) is 0 Å². The summed E-state index contributed by atoms with van der Waals surface area (Å²) >= 11 is 0. The molecule has 0 saturated heterocycles. The Bertz CT molecular complexity index is 715. The summed E-state index contributed by atoms with van der Waals surface area (Å²) in [4.78, 5) is 0. The largest absolute Gasteiger partial charge is 0.578 e. The van der Waals surface area contributed by atoms with Crippen LogP contribution >= 0.6 is 0 Å². The van der Waals surface area contributed by atoms with Gasteiger partial charge in [0.1, 0.15) is 0 Å². The maximum atomic E-state index is 13.2. The normalized spacial score (nSPS) is 17.1. The van der Waals surface area contributed by atoms with Gasteiger partial charge in [0.25, 0.3) is 0 Å². The fraction of sp³-hybridized carbons (Fsp3) is 1.00. The van der Waals surface area contributed by atoms with E-state index in [1.165, 1.54) is 0 Å². The minimum Gasteiger partial charge on any atom is -0.257 e. The highest BCUT2D eigenvalue weighted by molar-refractivity contribution is 6.71. The van der Waals surface area contributed by atoms with Gasteiger partial charge in [0.2, 0.25) is 0 Å². The van der Waals surface area contributed by atoms with E-state index in [1.807, 2.05) is 0 Å². The fourth-order valence-corrected chi connectivity index (χ4v) is 3.04. The van der Waals surface area contributed by atoms with Crippen LogP contribution in [-0.2, 0) is 0 Å². The molecule has 0 nitrogen and oxygen atoms in total. The van der Waals surface area contributed by atoms with Gasteiger partial charge in [-0.15, -0.1) is 0 Å². The molecule has 35 heavy (non-hydrogen) atoms. The molecule has 0 aromatic heterocycles. The number of hydrogen-bond acceptors (Lipinski definition) is 0. The van der Waals surface area contributed by atoms with Crippen LogP contribution in [0.1, 0.15) is 0 Å². The van der Waals surface area contributed by atoms with Crippen molar-refractivity contribution in [1.82, 2.24) is 0 Å². The molecule has 0 heterocycles. The average molecular weight is 604 g/mol. The Morgan fingerprint density at radius 1 is 0.257 bits per heavy atom. The van der Waals surface area contributed by atoms with Gasteiger partial charge in [-0.05, 0) is 0 Å². The van der Waals surface area contributed by atoms with E-state index in [-0.39, 0.29) is 0 Å². The Labute approximate surface area is 174 Å². The second-order valence-electron chi connectivity index (χ2n) is 6.17. The Kier molecular flexibility index (Phi) is 7.44. The van der Waals surface area contributed by atoms with Crippen LogP contribution in [0, 0.1) is 0 Å². The van der Waals surface area contributed by atoms with Crippen LogP contribution in [0.3, 0.4) is 0 Å². The van der Waals surface area contributed by atoms with E-state index < -0.39 is 67.7 Å². The van der Waals surface area contributed by atoms with E-state index >= 15 is 0 Å². The molecule has 0 aliphatic rings. The molecule has 0 rings (SSSR count). The monoisotopic (exact) mass is 604 g/mol. The first-order valence-corrected chi connectivity index (χ1v) is 8.79. The number of rotatable bonds is 8. The summed E-state index contributed by atoms with van der Waals surface area (Å²) < 4.78 is 305. The SMILES string of the molecule is FC(F)(F)C(F)(F)C(F)(F)C(F)(F)C(F)(F)C(F)(F)C(F)(F)C(F)(F)[Si](F)(F)C(F)(F)C(F)(F)F. The molecule has 0 aromatic carbocycles. The molecular formula is C10F24Si. The third-order valence-corrected chi connectivity index (χ3v) is 6.04. The van der Waals surface area contributed by atoms with E-state index in [0.29, 0.717) is 0 Å². The zero-order valence-electron chi connectivity index (χ0n) is 14.6. The molecule has 212 valence electrons. The lowest BCUT2D eigenvalue weighted by Crippen LogP contribution is -2.79. The molecule has 0 bridgehead atoms. The molecule has 0 aromatic rings. The quantitative estimate of drug-likeness (QED) is 0.152. The number of hydrogen-bond donors (Lipinski definition) is 0. The second-order valence-corrected chi connectivity index (χ2v) is 8.57. The van der Waals surface area contributed by atoms with Gasteiger partial charge < -0.3 is 0 Å². The molecule has 0 unspecified atom stereocenters. The Balaban J connectivity index is 7.15. The van der Waals surface area contributed by atoms with Crippen molar-refractivity contribution >= 4 is 8.74 Å². The molecule has 0 N–H and O–H groups in total. The number of alkyl halides is 22. The third kappa shape index (κ3) is 3.87. The van der Waals surface area contributed by atoms with Crippen molar-refractivity contribution in [2.24, 2.45) is 0 Å². The van der Waals surface area contributed by atoms with Gasteiger partial charge in [-0.3, -0.25) is 8.22 Å². The summed E-state index contributed by atoms with van der Waals surface area (Å²) in [6, 6.07) is 0. The van der Waals surface area contributed by atoms with Crippen molar-refractivity contribution in [3.63, 3.8) is 0 Å². The molecule has 0 amide bonds. The highest BCUT2D eigenvalue weighted by Crippen LogP contribution is 2.66. The van der Waals surface area contributed by atoms with E-state index in [9.17, 15) is 105 Å². The van der Waals surface area contributed by atoms with Gasteiger partial charge in [-0.25, -0.2) is 0 Å². The van der Waals surface area contributed by atoms with Crippen LogP contribution in [0.5, 0.6) is 0 Å². The van der Waals surface area contributed by atoms with Crippen LogP contribution in [0.4, 0.5) is 105 Å². The van der Waals surface area contributed by atoms with Crippen LogP contribution in [0.2, 0.25) is 0 Å². The lowest BCUT2D eigenvalue weighted by molar-refractivity contribution is -0.459. The summed E-state index contributed by atoms with van der Waals surface area (Å²) in [5, 5.41) is 0. The van der Waals surface area contributed by atoms with Gasteiger partial charge in [0.05, 0.1) is 0 Å². The van der Waals surface area contributed by atoms with Crippen molar-refractivity contribution in [2.45, 2.75) is 59.0 Å². The Morgan fingerprint density at radius 3 is 0.714 bits per heavy atom. The van der Waals surface area contributed by atoms with Crippen molar-refractivity contribution in [1.29, 1.82) is 0 Å². The standard InChI is InChI=1S/C10F24Si/c11-1(12,3(15,16)5(19,20)7(23,24)25)2(13,14)4(17,18)6(21,22)9(29,30)35(33,34)10(31,32)8(26,27)28. The fourth-order valence-electron chi connectivity index (χ4n) is 1.74. The van der Waals surface area contributed by atoms with E-state index in [2.05, 4.69) is 0 Å². The summed E-state index contributed by atoms with van der Waals surface area (Å²) in [6.07, 6.45) is -16.2. The maximum absolute atomic E-state index is 13.2. The second kappa shape index (κ2) is 7.77. The summed E-state index contributed by atoms with van der Waals surface area (Å²) in [5.41, 5.74) is -17.6. The maximum Gasteiger partial charge on any atom is 0.578 e. The van der Waals surface area contributed by atoms with E-state index in [1.54, 1.807) is 0 Å². The summed E-state index contributed by atoms with van der Waals surface area (Å²) in [6.45, 7) is 0. The Morgan fingerprint density at radius 2 is 0.486 bits per heavy atom. The van der Waals surface area contributed by atoms with Crippen LogP contribution in [-0.4, -0.2) is 67.7 Å². The van der Waals surface area contributed by atoms with E-state index in [0.717, 1.165) is 0 Å². The van der Waals surface area contributed by atoms with Crippen molar-refractivity contribution in [3.8, 4) is 0 Å². The first-order valence-electron chi connectivity index (χ1n) is 7.04. The number of halogens is 24. The van der Waals surface area contributed by atoms with Crippen molar-refractivity contribution in [2.75, 3.05) is 0 Å². The van der Waals surface area contributed by atoms with Gasteiger partial charge in [0.15, 0.2) is 0 Å². The lowest BCUT2D eigenvalue weighted by Gasteiger charge is -2.44. The van der Waals surface area contributed by atoms with Gasteiger partial charge in [-0.2, -0.15) is 96.6 Å². The molecule has 0 fully saturated rings. The lowest BCUT2D eigenvalue weighted by atomic mass is 9.91. The Hall–Kier alpha value is -1.46. The van der Waals surface area contributed by atoms with Gasteiger partial charge in [-0.1, -0.05) is 0 Å². The molecule has 0 spiro atoms. The predicted molar refractivity (Wildman–Crippen MR) is 59.7 cm³/mol. The van der Waals surface area contributed by atoms with Crippen molar-refractivity contribution < 1.29 is 105 Å². The van der Waals surface area contributed by atoms with Gasteiger partial charge >= 0.3 is 67.7 Å². The van der Waals surface area contributed by atoms with E-state index in [4.69, 9.17) is 0 Å². The molecule has 0 atom stereocenters. The molecule has 25 heteroatoms. The first-order chi connectivity index (χ1) is 14.5. The highest BCUT2D eigenvalue weighted by Gasteiger charge is 3.00. The molecule has 0 saturated carbocycles. The third-order valence-electron chi connectivity index (χ3n) is 3.87. The zero-order valence-corrected chi connectivity index (χ0v) is 15.6. The van der Waals surface area contributed by atoms with Gasteiger partial charge in [0, 0.05) is 0 Å². The summed E-state index contributed by atoms with van der Waals surface area (Å²) in [5.74, 6) is -55.0. The smallest absolute Gasteiger partial charge is 0.257 e. The molecular weight excluding hydrogens is 604 g/mol. The van der Waals surface area contributed by atoms with Crippen molar-refractivity contribution in [3.05, 3.63) is 0 Å². The highest BCUT2D eigenvalue weighted by atomic mass is 28.4. The zero-order chi connectivity index (χ0) is 29.5. The summed E-state index contributed by atoms with van der Waals surface area (Å²) in [7, 11) is -10.9. The minimum atomic E-state index is -10.9. The first kappa shape index (κ1) is 33.5. The van der Waals surface area contributed by atoms with Crippen LogP contribution < -0.4 is 0 Å². The molecule has 0 aliphatic heterocycles.